The third-order valence-corrected chi connectivity index (χ3v) is 4.22. The van der Waals surface area contributed by atoms with Crippen LogP contribution in [0.4, 0.5) is 0 Å². The number of esters is 3. The highest BCUT2D eigenvalue weighted by Crippen LogP contribution is 2.17. The van der Waals surface area contributed by atoms with E-state index >= 15 is 0 Å². The smallest absolute Gasteiger partial charge is 0.343 e. The van der Waals surface area contributed by atoms with E-state index in [0.29, 0.717) is 29.2 Å². The average molecular weight is 426 g/mol. The summed E-state index contributed by atoms with van der Waals surface area (Å²) in [5.41, 5.74) is 0.708. The van der Waals surface area contributed by atoms with Crippen LogP contribution < -0.4 is 9.47 Å². The molecule has 0 saturated heterocycles. The monoisotopic (exact) mass is 426 g/mol. The van der Waals surface area contributed by atoms with Crippen molar-refractivity contribution >= 4 is 17.9 Å². The topological polar surface area (TPSA) is 88.1 Å². The number of carbonyl (C=O) groups is 3. The zero-order chi connectivity index (χ0) is 22.5. The molecule has 31 heavy (non-hydrogen) atoms. The van der Waals surface area contributed by atoms with Crippen LogP contribution in [-0.2, 0) is 14.3 Å². The van der Waals surface area contributed by atoms with E-state index in [1.54, 1.807) is 24.3 Å². The van der Waals surface area contributed by atoms with Crippen LogP contribution in [0.2, 0.25) is 0 Å². The van der Waals surface area contributed by atoms with Crippen LogP contribution in [-0.4, -0.2) is 31.3 Å². The summed E-state index contributed by atoms with van der Waals surface area (Å²) >= 11 is 0. The van der Waals surface area contributed by atoms with Gasteiger partial charge < -0.3 is 18.9 Å². The Bertz CT molecular complexity index is 870. The summed E-state index contributed by atoms with van der Waals surface area (Å²) in [4.78, 5) is 35.2. The van der Waals surface area contributed by atoms with E-state index < -0.39 is 17.9 Å². The standard InChI is InChI=1S/C24H26O7/c1-3-5-6-7-16-28-23(26)18-10-14-21(15-11-18)31-24(27)19-8-12-20(13-9-19)29-17-30-22(25)4-2/h4,8-15H,2-3,5-7,16-17H2,1H3. The van der Waals surface area contributed by atoms with Crippen LogP contribution in [0.15, 0.2) is 61.2 Å². The van der Waals surface area contributed by atoms with Gasteiger partial charge in [-0.25, -0.2) is 14.4 Å². The first kappa shape index (κ1) is 23.7. The maximum atomic E-state index is 12.3. The Morgan fingerprint density at radius 3 is 2.03 bits per heavy atom. The molecule has 0 aliphatic rings. The van der Waals surface area contributed by atoms with Crippen molar-refractivity contribution < 1.29 is 33.3 Å². The molecule has 2 aromatic carbocycles. The molecule has 0 heterocycles. The second kappa shape index (κ2) is 12.8. The molecule has 0 N–H and O–H groups in total. The van der Waals surface area contributed by atoms with E-state index in [9.17, 15) is 14.4 Å². The summed E-state index contributed by atoms with van der Waals surface area (Å²) < 4.78 is 20.5. The highest BCUT2D eigenvalue weighted by Gasteiger charge is 2.11. The number of ether oxygens (including phenoxy) is 4. The third kappa shape index (κ3) is 8.34. The van der Waals surface area contributed by atoms with Gasteiger partial charge in [0.1, 0.15) is 11.5 Å². The molecule has 0 amide bonds. The molecular formula is C24H26O7. The summed E-state index contributed by atoms with van der Waals surface area (Å²) in [6, 6.07) is 12.3. The Morgan fingerprint density at radius 1 is 0.806 bits per heavy atom. The van der Waals surface area contributed by atoms with Crippen molar-refractivity contribution in [2.45, 2.75) is 32.6 Å². The first-order valence-electron chi connectivity index (χ1n) is 10.0. The van der Waals surface area contributed by atoms with Gasteiger partial charge in [0.05, 0.1) is 17.7 Å². The van der Waals surface area contributed by atoms with Gasteiger partial charge in [0.25, 0.3) is 0 Å². The molecule has 0 radical (unpaired) electrons. The molecule has 7 heteroatoms. The predicted octanol–water partition coefficient (Wildman–Crippen LogP) is 4.71. The Morgan fingerprint density at radius 2 is 1.42 bits per heavy atom. The second-order valence-electron chi connectivity index (χ2n) is 6.56. The minimum atomic E-state index is -0.591. The largest absolute Gasteiger partial charge is 0.462 e. The third-order valence-electron chi connectivity index (χ3n) is 4.22. The predicted molar refractivity (Wildman–Crippen MR) is 114 cm³/mol. The number of rotatable bonds is 12. The zero-order valence-electron chi connectivity index (χ0n) is 17.5. The first-order chi connectivity index (χ1) is 15.0. The molecule has 0 saturated carbocycles. The Balaban J connectivity index is 1.81. The van der Waals surface area contributed by atoms with Crippen LogP contribution in [0.1, 0.15) is 53.3 Å². The Kier molecular flexibility index (Phi) is 9.81. The lowest BCUT2D eigenvalue weighted by Crippen LogP contribution is -2.10. The van der Waals surface area contributed by atoms with Gasteiger partial charge in [0, 0.05) is 6.08 Å². The molecule has 0 aliphatic heterocycles. The molecular weight excluding hydrogens is 400 g/mol. The molecule has 0 aliphatic carbocycles. The molecule has 0 spiro atoms. The molecule has 0 aromatic heterocycles. The van der Waals surface area contributed by atoms with Gasteiger partial charge in [-0.15, -0.1) is 0 Å². The number of carbonyl (C=O) groups excluding carboxylic acids is 3. The minimum Gasteiger partial charge on any atom is -0.462 e. The molecule has 2 rings (SSSR count). The Hall–Kier alpha value is -3.61. The van der Waals surface area contributed by atoms with Gasteiger partial charge in [-0.1, -0.05) is 32.8 Å². The first-order valence-corrected chi connectivity index (χ1v) is 10.0. The minimum absolute atomic E-state index is 0.262. The SMILES string of the molecule is C=CC(=O)OCOc1ccc(C(=O)Oc2ccc(C(=O)OCCCCCC)cc2)cc1. The summed E-state index contributed by atoms with van der Waals surface area (Å²) in [5.74, 6) is -0.821. The molecule has 0 atom stereocenters. The number of benzene rings is 2. The molecule has 0 bridgehead atoms. The van der Waals surface area contributed by atoms with Crippen molar-refractivity contribution in [3.63, 3.8) is 0 Å². The molecule has 7 nitrogen and oxygen atoms in total. The Labute approximate surface area is 181 Å². The maximum Gasteiger partial charge on any atom is 0.343 e. The maximum absolute atomic E-state index is 12.3. The second-order valence-corrected chi connectivity index (χ2v) is 6.56. The van der Waals surface area contributed by atoms with Gasteiger partial charge in [-0.05, 0) is 55.0 Å². The van der Waals surface area contributed by atoms with E-state index in [4.69, 9.17) is 18.9 Å². The van der Waals surface area contributed by atoms with Crippen LogP contribution in [0, 0.1) is 0 Å². The van der Waals surface area contributed by atoms with Crippen molar-refractivity contribution in [1.29, 1.82) is 0 Å². The van der Waals surface area contributed by atoms with Crippen molar-refractivity contribution in [2.75, 3.05) is 13.4 Å². The van der Waals surface area contributed by atoms with E-state index in [1.165, 1.54) is 24.3 Å². The van der Waals surface area contributed by atoms with Crippen LogP contribution in [0.25, 0.3) is 0 Å². The van der Waals surface area contributed by atoms with Gasteiger partial charge in [0.2, 0.25) is 6.79 Å². The summed E-state index contributed by atoms with van der Waals surface area (Å²) in [7, 11) is 0. The lowest BCUT2D eigenvalue weighted by Gasteiger charge is -2.08. The highest BCUT2D eigenvalue weighted by atomic mass is 16.7. The van der Waals surface area contributed by atoms with E-state index in [1.807, 2.05) is 0 Å². The number of hydrogen-bond donors (Lipinski definition) is 0. The van der Waals surface area contributed by atoms with Crippen LogP contribution in [0.5, 0.6) is 11.5 Å². The summed E-state index contributed by atoms with van der Waals surface area (Å²) in [6.45, 7) is 5.54. The lowest BCUT2D eigenvalue weighted by atomic mass is 10.2. The van der Waals surface area contributed by atoms with Gasteiger partial charge in [-0.3, -0.25) is 0 Å². The van der Waals surface area contributed by atoms with Gasteiger partial charge >= 0.3 is 17.9 Å². The van der Waals surface area contributed by atoms with Crippen molar-refractivity contribution in [2.24, 2.45) is 0 Å². The van der Waals surface area contributed by atoms with Crippen LogP contribution >= 0.6 is 0 Å². The fourth-order valence-corrected chi connectivity index (χ4v) is 2.50. The summed E-state index contributed by atoms with van der Waals surface area (Å²) in [5, 5.41) is 0. The molecule has 164 valence electrons. The van der Waals surface area contributed by atoms with Gasteiger partial charge in [0.15, 0.2) is 0 Å². The lowest BCUT2D eigenvalue weighted by molar-refractivity contribution is -0.144. The molecule has 2 aromatic rings. The van der Waals surface area contributed by atoms with E-state index in [-0.39, 0.29) is 6.79 Å². The number of unbranched alkanes of at least 4 members (excludes halogenated alkanes) is 3. The van der Waals surface area contributed by atoms with Crippen molar-refractivity contribution in [1.82, 2.24) is 0 Å². The number of hydrogen-bond acceptors (Lipinski definition) is 7. The molecule has 0 fully saturated rings. The fraction of sp³-hybridized carbons (Fsp3) is 0.292. The normalized spacial score (nSPS) is 10.1. The van der Waals surface area contributed by atoms with Gasteiger partial charge in [-0.2, -0.15) is 0 Å². The van der Waals surface area contributed by atoms with Crippen molar-refractivity contribution in [3.05, 3.63) is 72.3 Å². The zero-order valence-corrected chi connectivity index (χ0v) is 17.5. The fourth-order valence-electron chi connectivity index (χ4n) is 2.50. The average Bonchev–Trinajstić information content (AvgIpc) is 2.79. The summed E-state index contributed by atoms with van der Waals surface area (Å²) in [6.07, 6.45) is 5.16. The highest BCUT2D eigenvalue weighted by molar-refractivity contribution is 5.92. The van der Waals surface area contributed by atoms with Crippen molar-refractivity contribution in [3.8, 4) is 11.5 Å². The van der Waals surface area contributed by atoms with E-state index in [2.05, 4.69) is 13.5 Å². The molecule has 0 unspecified atom stereocenters. The quantitative estimate of drug-likeness (QED) is 0.160. The van der Waals surface area contributed by atoms with E-state index in [0.717, 1.165) is 31.8 Å². The van der Waals surface area contributed by atoms with Crippen LogP contribution in [0.3, 0.4) is 0 Å².